The van der Waals surface area contributed by atoms with Crippen molar-refractivity contribution in [1.29, 1.82) is 0 Å². The Balaban J connectivity index is 1.18. The number of fused-ring (bicyclic) bond motifs is 2. The summed E-state index contributed by atoms with van der Waals surface area (Å²) in [5.74, 6) is -1.37. The summed E-state index contributed by atoms with van der Waals surface area (Å²) in [5.41, 5.74) is 7.37. The monoisotopic (exact) mass is 737 g/mol. The van der Waals surface area contributed by atoms with Crippen molar-refractivity contribution < 1.29 is 30.0 Å². The highest BCUT2D eigenvalue weighted by Crippen LogP contribution is 2.56. The molecular weight excluding hydrogens is 691 g/mol. The number of nitrogens with zero attached hydrogens (tertiary/aromatic N) is 3. The van der Waals surface area contributed by atoms with Gasteiger partial charge in [0.05, 0.1) is 0 Å². The van der Waals surface area contributed by atoms with Crippen LogP contribution in [-0.4, -0.2) is 49.0 Å². The first kappa shape index (κ1) is 37.4. The van der Waals surface area contributed by atoms with E-state index >= 15 is 0 Å². The third kappa shape index (κ3) is 5.67. The first-order chi connectivity index (χ1) is 26.0. The molecule has 9 heteroatoms. The van der Waals surface area contributed by atoms with Crippen molar-refractivity contribution in [2.45, 2.75) is 65.7 Å². The fourth-order valence-corrected chi connectivity index (χ4v) is 8.41. The van der Waals surface area contributed by atoms with Gasteiger partial charge in [0.15, 0.2) is 11.6 Å². The number of carbonyl (C=O) groups is 2. The maximum Gasteiger partial charge on any atom is 0.191 e. The van der Waals surface area contributed by atoms with E-state index in [2.05, 4.69) is 44.7 Å². The lowest BCUT2D eigenvalue weighted by molar-refractivity contribution is -0.301. The number of carbonyl (C=O) groups excluding carboxylic acids is 2. The Kier molecular flexibility index (Phi) is 8.91. The molecule has 0 atom stereocenters. The van der Waals surface area contributed by atoms with Crippen molar-refractivity contribution in [3.8, 4) is 11.5 Å². The molecule has 2 aliphatic carbocycles. The van der Waals surface area contributed by atoms with Gasteiger partial charge >= 0.3 is 0 Å². The van der Waals surface area contributed by atoms with Gasteiger partial charge in [0.1, 0.15) is 11.5 Å². The number of rotatable bonds is 8. The van der Waals surface area contributed by atoms with Gasteiger partial charge in [-0.3, -0.25) is 9.59 Å². The Labute approximate surface area is 322 Å². The van der Waals surface area contributed by atoms with Gasteiger partial charge in [0.25, 0.3) is 0 Å². The second kappa shape index (κ2) is 13.1. The number of anilines is 3. The molecule has 7 rings (SSSR count). The van der Waals surface area contributed by atoms with Crippen molar-refractivity contribution in [3.63, 3.8) is 0 Å². The molecule has 2 aliphatic heterocycles. The Bertz CT molecular complexity index is 2400. The van der Waals surface area contributed by atoms with E-state index in [0.29, 0.717) is 11.1 Å². The molecule has 3 aromatic carbocycles. The number of aryl methyl sites for hydroxylation is 1. The van der Waals surface area contributed by atoms with Crippen molar-refractivity contribution in [2.75, 3.05) is 41.9 Å². The van der Waals surface area contributed by atoms with Crippen LogP contribution in [0.2, 0.25) is 0 Å². The normalized spacial score (nSPS) is 21.3. The van der Waals surface area contributed by atoms with E-state index in [9.17, 15) is 30.0 Å². The maximum absolute atomic E-state index is 13.4. The second-order valence-corrected chi connectivity index (χ2v) is 15.7. The lowest BCUT2D eigenvalue weighted by atomic mass is 9.78. The molecule has 0 aromatic heterocycles. The number of aromatic hydroxyl groups is 2. The van der Waals surface area contributed by atoms with Crippen LogP contribution in [0.3, 0.4) is 0 Å². The molecule has 2 heterocycles. The number of likely N-dealkylation sites (N-methyl/N-ethyl adjacent to an activating group) is 2. The van der Waals surface area contributed by atoms with Crippen molar-refractivity contribution in [2.24, 2.45) is 0 Å². The largest absolute Gasteiger partial charge is 0.871 e. The molecule has 0 unspecified atom stereocenters. The number of benzene rings is 3. The summed E-state index contributed by atoms with van der Waals surface area (Å²) in [5, 5.41) is 47.9. The zero-order valence-corrected chi connectivity index (χ0v) is 32.9. The fraction of sp³-hybridized carbons (Fsp3) is 0.304. The van der Waals surface area contributed by atoms with Crippen LogP contribution in [0.5, 0.6) is 11.5 Å². The molecule has 55 heavy (non-hydrogen) atoms. The van der Waals surface area contributed by atoms with Crippen molar-refractivity contribution in [3.05, 3.63) is 134 Å². The zero-order valence-electron chi connectivity index (χ0n) is 32.9. The van der Waals surface area contributed by atoms with Gasteiger partial charge in [-0.15, -0.1) is 0 Å². The predicted octanol–water partition coefficient (Wildman–Crippen LogP) is 6.29. The summed E-state index contributed by atoms with van der Waals surface area (Å²) in [6, 6.07) is 14.7. The van der Waals surface area contributed by atoms with Gasteiger partial charge in [-0.1, -0.05) is 58.3 Å². The Morgan fingerprint density at radius 1 is 0.655 bits per heavy atom. The van der Waals surface area contributed by atoms with E-state index in [1.165, 1.54) is 12.2 Å². The average Bonchev–Trinajstić information content (AvgIpc) is 3.46. The van der Waals surface area contributed by atoms with Crippen LogP contribution in [0.15, 0.2) is 106 Å². The Morgan fingerprint density at radius 2 is 1.09 bits per heavy atom. The molecule has 2 N–H and O–H groups in total. The highest BCUT2D eigenvalue weighted by atomic mass is 16.3. The predicted molar refractivity (Wildman–Crippen MR) is 215 cm³/mol. The summed E-state index contributed by atoms with van der Waals surface area (Å²) in [6.07, 6.45) is 7.09. The van der Waals surface area contributed by atoms with Crippen LogP contribution in [-0.2, 0) is 26.8 Å². The van der Waals surface area contributed by atoms with Gasteiger partial charge in [-0.25, -0.2) is 0 Å². The van der Waals surface area contributed by atoms with Gasteiger partial charge < -0.3 is 35.1 Å². The van der Waals surface area contributed by atoms with Crippen LogP contribution in [0.25, 0.3) is 12.2 Å². The second-order valence-electron chi connectivity index (χ2n) is 15.7. The number of hydrogen-bond donors (Lipinski definition) is 2. The van der Waals surface area contributed by atoms with Crippen molar-refractivity contribution >= 4 is 40.8 Å². The molecular formula is C46H47N3O6-2. The van der Waals surface area contributed by atoms with Crippen LogP contribution >= 0.6 is 0 Å². The summed E-state index contributed by atoms with van der Waals surface area (Å²) in [7, 11) is 3.86. The maximum atomic E-state index is 13.4. The number of phenols is 2. The lowest BCUT2D eigenvalue weighted by Gasteiger charge is -2.32. The lowest BCUT2D eigenvalue weighted by Crippen LogP contribution is -2.31. The van der Waals surface area contributed by atoms with E-state index < -0.39 is 10.8 Å². The van der Waals surface area contributed by atoms with Gasteiger partial charge in [0.2, 0.25) is 0 Å². The number of allylic oxidation sites excluding steroid dienone is 8. The van der Waals surface area contributed by atoms with Crippen LogP contribution in [0.4, 0.5) is 17.1 Å². The first-order valence-electron chi connectivity index (χ1n) is 18.8. The average molecular weight is 738 g/mol. The summed E-state index contributed by atoms with van der Waals surface area (Å²) < 4.78 is 0. The number of phenolic OH excluding ortho intramolecular Hbond substituents is 2. The standard InChI is InChI=1S/C46H49N3O6/c1-10-25-13-14-26(37(50)17-25)18-29-41(52)31(42(29)53)21-39-45(4,5)33-23-36-34(24-35(33)47(39)8)46(6,7)40(48(36)9)22-32-43(54)30(44(32)55)19-27-15-16-28(20-38(27)51)49(11-2)12-3/h13-24,50-52,54H,10-12H2,1-9H3/p-2. The van der Waals surface area contributed by atoms with E-state index in [4.69, 9.17) is 0 Å². The third-order valence-corrected chi connectivity index (χ3v) is 12.0. The zero-order chi connectivity index (χ0) is 39.9. The third-order valence-electron chi connectivity index (χ3n) is 12.0. The van der Waals surface area contributed by atoms with E-state index in [1.54, 1.807) is 36.4 Å². The van der Waals surface area contributed by atoms with Crippen LogP contribution in [0.1, 0.15) is 76.3 Å². The Morgan fingerprint density at radius 3 is 1.47 bits per heavy atom. The molecule has 0 fully saturated rings. The first-order valence-corrected chi connectivity index (χ1v) is 18.8. The number of ketones is 2. The molecule has 284 valence electrons. The molecule has 4 aliphatic rings. The molecule has 0 bridgehead atoms. The minimum Gasteiger partial charge on any atom is -0.871 e. The summed E-state index contributed by atoms with van der Waals surface area (Å²) in [4.78, 5) is 32.9. The van der Waals surface area contributed by atoms with E-state index in [0.717, 1.165) is 64.7 Å². The van der Waals surface area contributed by atoms with Crippen LogP contribution in [0, 0.1) is 0 Å². The smallest absolute Gasteiger partial charge is 0.191 e. The molecule has 0 amide bonds. The fourth-order valence-electron chi connectivity index (χ4n) is 8.41. The van der Waals surface area contributed by atoms with E-state index in [1.807, 2.05) is 56.8 Å². The molecule has 9 nitrogen and oxygen atoms in total. The number of Topliss-reactive ketones (excluding diaryl/α,β-unsaturated/α-hetero) is 2. The molecule has 0 spiro atoms. The quantitative estimate of drug-likeness (QED) is 0.256. The summed E-state index contributed by atoms with van der Waals surface area (Å²) in [6.45, 7) is 15.9. The summed E-state index contributed by atoms with van der Waals surface area (Å²) >= 11 is 0. The van der Waals surface area contributed by atoms with Crippen LogP contribution < -0.4 is 24.9 Å². The molecule has 3 aromatic rings. The topological polar surface area (TPSA) is 130 Å². The molecule has 0 saturated carbocycles. The Hall–Kier alpha value is -5.96. The minimum atomic E-state index is -0.572. The van der Waals surface area contributed by atoms with Crippen molar-refractivity contribution in [1.82, 2.24) is 0 Å². The highest BCUT2D eigenvalue weighted by Gasteiger charge is 2.46. The molecule has 0 radical (unpaired) electrons. The van der Waals surface area contributed by atoms with Gasteiger partial charge in [-0.2, -0.15) is 0 Å². The highest BCUT2D eigenvalue weighted by molar-refractivity contribution is 6.24. The minimum absolute atomic E-state index is 0.0102. The SMILES string of the molecule is CCc1ccc(C=C2C(=O)C(C=C3N(C)c4cc5c(cc4C3(C)C)N(C)C(=CC3=C([O-])C(=Cc4ccc(N(CC)CC)cc4O)C3=O)C5(C)C)=C2[O-])c(O)c1. The van der Waals surface area contributed by atoms with E-state index in [-0.39, 0.29) is 56.9 Å². The number of hydrogen-bond acceptors (Lipinski definition) is 9. The van der Waals surface area contributed by atoms with Gasteiger partial charge in [0, 0.05) is 106 Å². The molecule has 0 saturated heterocycles. The van der Waals surface area contributed by atoms with Gasteiger partial charge in [-0.05, 0) is 91.6 Å².